The highest BCUT2D eigenvalue weighted by Gasteiger charge is 2.25. The molecule has 2 aromatic carbocycles. The normalized spacial score (nSPS) is 13.4. The summed E-state index contributed by atoms with van der Waals surface area (Å²) in [5.74, 6) is -1.15. The molecular formula is C21H18N2O5S. The minimum absolute atomic E-state index is 0.0366. The van der Waals surface area contributed by atoms with Gasteiger partial charge in [0.05, 0.1) is 12.2 Å². The lowest BCUT2D eigenvalue weighted by Crippen LogP contribution is -2.51. The third-order valence-electron chi connectivity index (χ3n) is 4.01. The number of rotatable bonds is 5. The number of nitrogens with one attached hydrogen (secondary N) is 2. The van der Waals surface area contributed by atoms with Crippen molar-refractivity contribution in [1.29, 1.82) is 0 Å². The first-order valence-electron chi connectivity index (χ1n) is 8.81. The van der Waals surface area contributed by atoms with Gasteiger partial charge in [0, 0.05) is 0 Å². The molecule has 0 bridgehead atoms. The van der Waals surface area contributed by atoms with Crippen molar-refractivity contribution < 1.29 is 23.9 Å². The molecule has 3 rings (SSSR count). The summed E-state index contributed by atoms with van der Waals surface area (Å²) >= 11 is 4.78. The number of thiocarbonyl (C=S) groups is 1. The number of amides is 2. The number of carbonyl (C=O) groups excluding carboxylic acids is 3. The Hall–Kier alpha value is -3.52. The Labute approximate surface area is 172 Å². The quantitative estimate of drug-likeness (QED) is 0.259. The van der Waals surface area contributed by atoms with Crippen molar-refractivity contribution in [2.75, 3.05) is 6.61 Å². The molecule has 2 amide bonds. The maximum Gasteiger partial charge on any atom is 0.343 e. The first-order chi connectivity index (χ1) is 13.9. The first-order valence-corrected chi connectivity index (χ1v) is 9.22. The van der Waals surface area contributed by atoms with Crippen molar-refractivity contribution >= 4 is 41.2 Å². The lowest BCUT2D eigenvalue weighted by molar-refractivity contribution is -0.123. The molecule has 148 valence electrons. The number of ether oxygens (including phenoxy) is 2. The van der Waals surface area contributed by atoms with Gasteiger partial charge in [-0.2, -0.15) is 0 Å². The molecular weight excluding hydrogens is 392 g/mol. The van der Waals surface area contributed by atoms with E-state index in [2.05, 4.69) is 10.6 Å². The lowest BCUT2D eigenvalue weighted by Gasteiger charge is -2.16. The van der Waals surface area contributed by atoms with Gasteiger partial charge in [0.1, 0.15) is 5.57 Å². The minimum Gasteiger partial charge on any atom is -0.490 e. The molecule has 8 heteroatoms. The van der Waals surface area contributed by atoms with Gasteiger partial charge >= 0.3 is 5.97 Å². The number of hydrogen-bond donors (Lipinski definition) is 2. The number of carbonyl (C=O) groups is 3. The molecule has 0 unspecified atom stereocenters. The summed E-state index contributed by atoms with van der Waals surface area (Å²) in [6.07, 6.45) is 1.40. The number of benzene rings is 2. The van der Waals surface area contributed by atoms with Crippen LogP contribution in [0.25, 0.3) is 6.08 Å². The Kier molecular flexibility index (Phi) is 6.04. The van der Waals surface area contributed by atoms with Crippen LogP contribution in [0.3, 0.4) is 0 Å². The first kappa shape index (κ1) is 20.2. The third kappa shape index (κ3) is 4.85. The van der Waals surface area contributed by atoms with E-state index in [1.54, 1.807) is 37.3 Å². The minimum atomic E-state index is -0.591. The fourth-order valence-corrected chi connectivity index (χ4v) is 2.77. The van der Waals surface area contributed by atoms with Crippen molar-refractivity contribution in [3.05, 3.63) is 64.7 Å². The molecule has 29 heavy (non-hydrogen) atoms. The fourth-order valence-electron chi connectivity index (χ4n) is 2.59. The van der Waals surface area contributed by atoms with Gasteiger partial charge in [-0.05, 0) is 62.0 Å². The molecule has 2 N–H and O–H groups in total. The van der Waals surface area contributed by atoms with Gasteiger partial charge in [-0.1, -0.05) is 23.8 Å². The lowest BCUT2D eigenvalue weighted by atomic mass is 10.1. The Balaban J connectivity index is 1.87. The average molecular weight is 410 g/mol. The molecule has 7 nitrogen and oxygen atoms in total. The largest absolute Gasteiger partial charge is 0.490 e. The average Bonchev–Trinajstić information content (AvgIpc) is 2.67. The van der Waals surface area contributed by atoms with Gasteiger partial charge < -0.3 is 9.47 Å². The van der Waals surface area contributed by atoms with Crippen molar-refractivity contribution in [3.8, 4) is 11.5 Å². The van der Waals surface area contributed by atoms with Crippen LogP contribution in [0.2, 0.25) is 0 Å². The SMILES string of the molecule is CCOc1cc(C=C2C(=O)NC(=S)NC2=O)ccc1OC(=O)c1ccc(C)cc1. The van der Waals surface area contributed by atoms with Crippen LogP contribution in [0.4, 0.5) is 0 Å². The summed E-state index contributed by atoms with van der Waals surface area (Å²) in [5, 5.41) is 4.71. The van der Waals surface area contributed by atoms with Gasteiger partial charge in [0.25, 0.3) is 11.8 Å². The van der Waals surface area contributed by atoms with Gasteiger partial charge in [0.15, 0.2) is 16.6 Å². The van der Waals surface area contributed by atoms with Gasteiger partial charge in [-0.3, -0.25) is 20.2 Å². The zero-order chi connectivity index (χ0) is 21.0. The third-order valence-corrected chi connectivity index (χ3v) is 4.22. The summed E-state index contributed by atoms with van der Waals surface area (Å²) in [4.78, 5) is 36.4. The van der Waals surface area contributed by atoms with Crippen LogP contribution in [0.5, 0.6) is 11.5 Å². The predicted molar refractivity (Wildman–Crippen MR) is 111 cm³/mol. The Bertz CT molecular complexity index is 1010. The van der Waals surface area contributed by atoms with Crippen LogP contribution in [0, 0.1) is 6.92 Å². The molecule has 2 aromatic rings. The van der Waals surface area contributed by atoms with Crippen LogP contribution in [-0.2, 0) is 9.59 Å². The number of hydrogen-bond acceptors (Lipinski definition) is 6. The van der Waals surface area contributed by atoms with Crippen molar-refractivity contribution in [2.24, 2.45) is 0 Å². The number of esters is 1. The molecule has 1 aliphatic heterocycles. The van der Waals surface area contributed by atoms with E-state index in [-0.39, 0.29) is 16.4 Å². The highest BCUT2D eigenvalue weighted by Crippen LogP contribution is 2.30. The molecule has 0 radical (unpaired) electrons. The summed E-state index contributed by atoms with van der Waals surface area (Å²) in [6.45, 7) is 4.06. The molecule has 0 saturated carbocycles. The second kappa shape index (κ2) is 8.66. The number of aryl methyl sites for hydroxylation is 1. The van der Waals surface area contributed by atoms with Gasteiger partial charge in [0.2, 0.25) is 0 Å². The molecule has 0 aromatic heterocycles. The van der Waals surface area contributed by atoms with Crippen molar-refractivity contribution in [2.45, 2.75) is 13.8 Å². The summed E-state index contributed by atoms with van der Waals surface area (Å²) in [5.41, 5.74) is 1.88. The van der Waals surface area contributed by atoms with E-state index >= 15 is 0 Å². The maximum atomic E-state index is 12.4. The standard InChI is InChI=1S/C21H18N2O5S/c1-3-27-17-11-13(10-15-18(24)22-21(29)23-19(15)25)6-9-16(17)28-20(26)14-7-4-12(2)5-8-14/h4-11H,3H2,1-2H3,(H2,22,23,24,25,29). The van der Waals surface area contributed by atoms with E-state index in [1.165, 1.54) is 6.08 Å². The van der Waals surface area contributed by atoms with E-state index in [0.717, 1.165) is 5.56 Å². The summed E-state index contributed by atoms with van der Waals surface area (Å²) in [7, 11) is 0. The van der Waals surface area contributed by atoms with E-state index in [9.17, 15) is 14.4 Å². The maximum absolute atomic E-state index is 12.4. The molecule has 0 spiro atoms. The van der Waals surface area contributed by atoms with Crippen LogP contribution < -0.4 is 20.1 Å². The van der Waals surface area contributed by atoms with Crippen molar-refractivity contribution in [1.82, 2.24) is 10.6 Å². The van der Waals surface area contributed by atoms with E-state index in [1.807, 2.05) is 19.1 Å². The Morgan fingerprint density at radius 1 is 1.03 bits per heavy atom. The summed E-state index contributed by atoms with van der Waals surface area (Å²) < 4.78 is 11.0. The zero-order valence-electron chi connectivity index (χ0n) is 15.8. The second-order valence-electron chi connectivity index (χ2n) is 6.19. The monoisotopic (exact) mass is 410 g/mol. The molecule has 1 fully saturated rings. The van der Waals surface area contributed by atoms with Gasteiger partial charge in [-0.25, -0.2) is 4.79 Å². The zero-order valence-corrected chi connectivity index (χ0v) is 16.6. The van der Waals surface area contributed by atoms with E-state index in [0.29, 0.717) is 23.5 Å². The van der Waals surface area contributed by atoms with Crippen LogP contribution in [-0.4, -0.2) is 29.5 Å². The van der Waals surface area contributed by atoms with Crippen molar-refractivity contribution in [3.63, 3.8) is 0 Å². The molecule has 1 heterocycles. The Morgan fingerprint density at radius 3 is 2.31 bits per heavy atom. The van der Waals surface area contributed by atoms with Crippen LogP contribution in [0.1, 0.15) is 28.4 Å². The van der Waals surface area contributed by atoms with Gasteiger partial charge in [-0.15, -0.1) is 0 Å². The molecule has 0 aliphatic carbocycles. The van der Waals surface area contributed by atoms with E-state index < -0.39 is 17.8 Å². The second-order valence-corrected chi connectivity index (χ2v) is 6.60. The van der Waals surface area contributed by atoms with Crippen LogP contribution >= 0.6 is 12.2 Å². The molecule has 0 atom stereocenters. The predicted octanol–water partition coefficient (Wildman–Crippen LogP) is 2.53. The van der Waals surface area contributed by atoms with E-state index in [4.69, 9.17) is 21.7 Å². The topological polar surface area (TPSA) is 93.7 Å². The summed E-state index contributed by atoms with van der Waals surface area (Å²) in [6, 6.07) is 11.8. The Morgan fingerprint density at radius 2 is 1.69 bits per heavy atom. The molecule has 1 aliphatic rings. The smallest absolute Gasteiger partial charge is 0.343 e. The molecule has 1 saturated heterocycles. The van der Waals surface area contributed by atoms with Crippen LogP contribution in [0.15, 0.2) is 48.0 Å². The highest BCUT2D eigenvalue weighted by atomic mass is 32.1. The highest BCUT2D eigenvalue weighted by molar-refractivity contribution is 7.80. The fraction of sp³-hybridized carbons (Fsp3) is 0.143.